The molecule has 3 aliphatic rings. The lowest BCUT2D eigenvalue weighted by Crippen LogP contribution is -2.24. The number of nitrogens with zero attached hydrogens (tertiary/aromatic N) is 1. The largest absolute Gasteiger partial charge is 0.449 e. The lowest BCUT2D eigenvalue weighted by Gasteiger charge is -2.29. The molecular weight excluding hydrogens is 663 g/mol. The molecule has 0 bridgehead atoms. The molecular formula is C49H45N3O2. The molecule has 6 aromatic rings. The van der Waals surface area contributed by atoms with Crippen molar-refractivity contribution in [2.24, 2.45) is 16.6 Å². The molecule has 9 rings (SSSR count). The van der Waals surface area contributed by atoms with Crippen LogP contribution in [0.4, 0.5) is 0 Å². The second-order valence-corrected chi connectivity index (χ2v) is 14.3. The summed E-state index contributed by atoms with van der Waals surface area (Å²) < 4.78 is 12.8. The highest BCUT2D eigenvalue weighted by Gasteiger charge is 2.47. The first kappa shape index (κ1) is 35.9. The first-order valence-corrected chi connectivity index (χ1v) is 18.3. The number of benzene rings is 6. The summed E-state index contributed by atoms with van der Waals surface area (Å²) in [6.45, 7) is 10.9. The van der Waals surface area contributed by atoms with Gasteiger partial charge in [-0.2, -0.15) is 0 Å². The quantitative estimate of drug-likeness (QED) is 0.138. The SMILES string of the molecule is C=NCc1ccccc1.CC1(C)c2ccc3c(c2C2C=CC=CC21)Oc1ccc(-c2ccc(C(=N)N)cc2)cc1O3.Cc1ccccc1-c1ccccc1. The second-order valence-electron chi connectivity index (χ2n) is 14.3. The minimum atomic E-state index is 0.0375. The average molecular weight is 708 g/mol. The van der Waals surface area contributed by atoms with Gasteiger partial charge in [-0.3, -0.25) is 10.4 Å². The lowest BCUT2D eigenvalue weighted by atomic mass is 9.74. The topological polar surface area (TPSA) is 80.7 Å². The fourth-order valence-electron chi connectivity index (χ4n) is 7.56. The molecule has 3 N–H and O–H groups in total. The number of allylic oxidation sites excluding steroid dienone is 4. The molecule has 0 spiro atoms. The Bertz CT molecular complexity index is 2340. The molecule has 5 heteroatoms. The van der Waals surface area contributed by atoms with Gasteiger partial charge < -0.3 is 15.2 Å². The Morgan fingerprint density at radius 3 is 2.06 bits per heavy atom. The van der Waals surface area contributed by atoms with Gasteiger partial charge in [0.05, 0.1) is 6.54 Å². The minimum Gasteiger partial charge on any atom is -0.449 e. The number of nitrogen functional groups attached to an aromatic ring is 1. The number of hydrogen-bond donors (Lipinski definition) is 2. The molecule has 6 aromatic carbocycles. The van der Waals surface area contributed by atoms with E-state index in [9.17, 15) is 0 Å². The summed E-state index contributed by atoms with van der Waals surface area (Å²) in [7, 11) is 0. The summed E-state index contributed by atoms with van der Waals surface area (Å²) in [6.07, 6.45) is 8.88. The Labute approximate surface area is 318 Å². The highest BCUT2D eigenvalue weighted by Crippen LogP contribution is 2.60. The van der Waals surface area contributed by atoms with Crippen LogP contribution in [0.25, 0.3) is 22.3 Å². The highest BCUT2D eigenvalue weighted by atomic mass is 16.6. The Kier molecular flexibility index (Phi) is 10.4. The van der Waals surface area contributed by atoms with E-state index in [0.717, 1.165) is 34.9 Å². The molecule has 2 unspecified atom stereocenters. The van der Waals surface area contributed by atoms with Crippen molar-refractivity contribution in [2.45, 2.75) is 38.6 Å². The van der Waals surface area contributed by atoms with Gasteiger partial charge in [0.25, 0.3) is 0 Å². The molecule has 0 saturated carbocycles. The summed E-state index contributed by atoms with van der Waals surface area (Å²) in [6, 6.07) is 46.9. The highest BCUT2D eigenvalue weighted by molar-refractivity contribution is 5.95. The van der Waals surface area contributed by atoms with Gasteiger partial charge in [0, 0.05) is 17.0 Å². The Balaban J connectivity index is 0.000000167. The smallest absolute Gasteiger partial charge is 0.174 e. The number of rotatable bonds is 5. The van der Waals surface area contributed by atoms with Crippen LogP contribution >= 0.6 is 0 Å². The van der Waals surface area contributed by atoms with Crippen molar-refractivity contribution in [3.05, 3.63) is 192 Å². The van der Waals surface area contributed by atoms with Crippen LogP contribution in [0.2, 0.25) is 0 Å². The molecule has 0 radical (unpaired) electrons. The van der Waals surface area contributed by atoms with Gasteiger partial charge >= 0.3 is 0 Å². The van der Waals surface area contributed by atoms with Gasteiger partial charge in [0.1, 0.15) is 5.84 Å². The zero-order valence-corrected chi connectivity index (χ0v) is 31.0. The van der Waals surface area contributed by atoms with Crippen molar-refractivity contribution in [2.75, 3.05) is 0 Å². The van der Waals surface area contributed by atoms with E-state index >= 15 is 0 Å². The number of hydrogen-bond acceptors (Lipinski definition) is 4. The van der Waals surface area contributed by atoms with E-state index in [-0.39, 0.29) is 11.3 Å². The van der Waals surface area contributed by atoms with Crippen LogP contribution < -0.4 is 15.2 Å². The van der Waals surface area contributed by atoms with Crippen LogP contribution in [-0.4, -0.2) is 12.6 Å². The Morgan fingerprint density at radius 2 is 1.35 bits per heavy atom. The number of ether oxygens (including phenoxy) is 2. The molecule has 0 aromatic heterocycles. The van der Waals surface area contributed by atoms with Crippen molar-refractivity contribution in [3.8, 4) is 45.3 Å². The molecule has 1 aliphatic heterocycles. The molecule has 0 fully saturated rings. The fourth-order valence-corrected chi connectivity index (χ4v) is 7.56. The number of nitrogens with one attached hydrogen (secondary N) is 1. The normalized spacial score (nSPS) is 16.3. The van der Waals surface area contributed by atoms with Gasteiger partial charge in [0.15, 0.2) is 23.0 Å². The second kappa shape index (κ2) is 15.6. The monoisotopic (exact) mass is 707 g/mol. The Hall–Kier alpha value is -6.46. The van der Waals surface area contributed by atoms with Crippen LogP contribution in [0.5, 0.6) is 23.0 Å². The maximum Gasteiger partial charge on any atom is 0.174 e. The van der Waals surface area contributed by atoms with Gasteiger partial charge in [-0.05, 0) is 82.1 Å². The van der Waals surface area contributed by atoms with E-state index in [1.807, 2.05) is 84.9 Å². The van der Waals surface area contributed by atoms with Gasteiger partial charge in [-0.15, -0.1) is 0 Å². The number of aliphatic imine (C=N–C) groups is 1. The molecule has 2 aliphatic carbocycles. The standard InChI is InChI=1S/C28H24N2O2.C13H12.C8H9N/c1-28(2)20-6-4-3-5-19(20)25-21(28)12-14-23-26(25)32-22-13-11-18(15-24(22)31-23)16-7-9-17(10-8-16)27(29)30;1-11-7-5-6-10-13(11)12-8-3-2-4-9-12;1-9-7-8-5-3-2-4-6-8/h3-15,19-20H,1-2H3,(H3,29,30);2-10H,1H3;2-6H,1,7H2. The van der Waals surface area contributed by atoms with Gasteiger partial charge in [-0.1, -0.05) is 159 Å². The first-order valence-electron chi connectivity index (χ1n) is 18.3. The third kappa shape index (κ3) is 7.39. The van der Waals surface area contributed by atoms with Crippen molar-refractivity contribution in [1.29, 1.82) is 5.41 Å². The van der Waals surface area contributed by atoms with E-state index in [2.05, 4.69) is 111 Å². The lowest BCUT2D eigenvalue weighted by molar-refractivity contribution is 0.354. The van der Waals surface area contributed by atoms with Crippen LogP contribution in [0, 0.1) is 18.3 Å². The maximum absolute atomic E-state index is 7.57. The van der Waals surface area contributed by atoms with Crippen LogP contribution in [0.1, 0.15) is 47.6 Å². The summed E-state index contributed by atoms with van der Waals surface area (Å²) in [5, 5.41) is 7.57. The predicted molar refractivity (Wildman–Crippen MR) is 223 cm³/mol. The van der Waals surface area contributed by atoms with E-state index in [4.69, 9.17) is 20.6 Å². The van der Waals surface area contributed by atoms with Crippen molar-refractivity contribution >= 4 is 12.6 Å². The van der Waals surface area contributed by atoms with E-state index in [1.54, 1.807) is 0 Å². The van der Waals surface area contributed by atoms with E-state index < -0.39 is 0 Å². The number of amidine groups is 1. The van der Waals surface area contributed by atoms with E-state index in [0.29, 0.717) is 23.1 Å². The molecule has 0 amide bonds. The van der Waals surface area contributed by atoms with E-state index in [1.165, 1.54) is 33.4 Å². The molecule has 268 valence electrons. The number of nitrogens with two attached hydrogens (primary N) is 1. The summed E-state index contributed by atoms with van der Waals surface area (Å²) >= 11 is 0. The van der Waals surface area contributed by atoms with Crippen molar-refractivity contribution < 1.29 is 9.47 Å². The molecule has 54 heavy (non-hydrogen) atoms. The molecule has 2 atom stereocenters. The molecule has 0 saturated heterocycles. The summed E-state index contributed by atoms with van der Waals surface area (Å²) in [4.78, 5) is 3.76. The van der Waals surface area contributed by atoms with Crippen molar-refractivity contribution in [1.82, 2.24) is 0 Å². The molecule has 1 heterocycles. The molecule has 5 nitrogen and oxygen atoms in total. The fraction of sp³-hybridized carbons (Fsp3) is 0.143. The Morgan fingerprint density at radius 1 is 0.704 bits per heavy atom. The average Bonchev–Trinajstić information content (AvgIpc) is 3.44. The van der Waals surface area contributed by atoms with Gasteiger partial charge in [-0.25, -0.2) is 0 Å². The van der Waals surface area contributed by atoms with Crippen LogP contribution in [0.15, 0.2) is 169 Å². The van der Waals surface area contributed by atoms with Crippen molar-refractivity contribution in [3.63, 3.8) is 0 Å². The summed E-state index contributed by atoms with van der Waals surface area (Å²) in [5.74, 6) is 3.82. The summed E-state index contributed by atoms with van der Waals surface area (Å²) in [5.41, 5.74) is 16.1. The third-order valence-electron chi connectivity index (χ3n) is 10.4. The minimum absolute atomic E-state index is 0.0375. The maximum atomic E-state index is 7.57. The van der Waals surface area contributed by atoms with Crippen LogP contribution in [0.3, 0.4) is 0 Å². The predicted octanol–water partition coefficient (Wildman–Crippen LogP) is 12.2. The first-order chi connectivity index (χ1) is 26.2. The zero-order chi connectivity index (χ0) is 37.7. The van der Waals surface area contributed by atoms with Crippen LogP contribution in [-0.2, 0) is 12.0 Å². The third-order valence-corrected chi connectivity index (χ3v) is 10.4. The number of aryl methyl sites for hydroxylation is 1. The van der Waals surface area contributed by atoms with Gasteiger partial charge in [0.2, 0.25) is 0 Å². The number of fused-ring (bicyclic) bond motifs is 6. The zero-order valence-electron chi connectivity index (χ0n) is 31.0.